The highest BCUT2D eigenvalue weighted by atomic mass is 16.4. The third kappa shape index (κ3) is 11.1. The van der Waals surface area contributed by atoms with Crippen molar-refractivity contribution < 1.29 is 9.90 Å². The minimum absolute atomic E-state index is 0.841. The van der Waals surface area contributed by atoms with Crippen molar-refractivity contribution in [3.05, 3.63) is 12.2 Å². The minimum atomic E-state index is -0.841. The first-order valence-corrected chi connectivity index (χ1v) is 6.06. The fourth-order valence-electron chi connectivity index (χ4n) is 1.75. The van der Waals surface area contributed by atoms with Crippen LogP contribution < -0.4 is 0 Å². The molecule has 0 aromatic rings. The molecule has 0 aliphatic carbocycles. The fraction of sp³-hybridized carbons (Fsp3) is 0.769. The first-order valence-electron chi connectivity index (χ1n) is 6.06. The van der Waals surface area contributed by atoms with Crippen LogP contribution in [-0.4, -0.2) is 11.1 Å². The predicted molar refractivity (Wildman–Crippen MR) is 63.9 cm³/mol. The molecule has 0 aromatic carbocycles. The van der Waals surface area contributed by atoms with Gasteiger partial charge < -0.3 is 5.11 Å². The summed E-state index contributed by atoms with van der Waals surface area (Å²) in [5.41, 5.74) is 0. The second-order valence-corrected chi connectivity index (χ2v) is 4.27. The van der Waals surface area contributed by atoms with E-state index in [4.69, 9.17) is 5.11 Å². The Hall–Kier alpha value is -0.790. The molecule has 1 atom stereocenters. The summed E-state index contributed by atoms with van der Waals surface area (Å²) < 4.78 is 0. The van der Waals surface area contributed by atoms with Crippen molar-refractivity contribution in [1.29, 1.82) is 0 Å². The third-order valence-electron chi connectivity index (χ3n) is 2.61. The van der Waals surface area contributed by atoms with Crippen LogP contribution in [0.1, 0.15) is 58.8 Å². The molecule has 0 saturated carbocycles. The highest BCUT2D eigenvalue weighted by Crippen LogP contribution is 2.14. The van der Waals surface area contributed by atoms with Gasteiger partial charge in [-0.25, -0.2) is 4.79 Å². The van der Waals surface area contributed by atoms with E-state index in [0.717, 1.165) is 18.8 Å². The Balaban J connectivity index is 3.21. The van der Waals surface area contributed by atoms with Gasteiger partial charge in [-0.05, 0) is 18.8 Å². The summed E-state index contributed by atoms with van der Waals surface area (Å²) in [7, 11) is 0. The lowest BCUT2D eigenvalue weighted by Gasteiger charge is -2.08. The molecule has 15 heavy (non-hydrogen) atoms. The van der Waals surface area contributed by atoms with Gasteiger partial charge in [0.2, 0.25) is 0 Å². The van der Waals surface area contributed by atoms with Crippen molar-refractivity contribution in [1.82, 2.24) is 0 Å². The number of rotatable bonds is 9. The molecule has 1 N–H and O–H groups in total. The number of hydrogen-bond donors (Lipinski definition) is 1. The van der Waals surface area contributed by atoms with Crippen LogP contribution in [-0.2, 0) is 4.79 Å². The zero-order chi connectivity index (χ0) is 11.5. The lowest BCUT2D eigenvalue weighted by Crippen LogP contribution is -1.93. The van der Waals surface area contributed by atoms with Gasteiger partial charge in [-0.15, -0.1) is 0 Å². The summed E-state index contributed by atoms with van der Waals surface area (Å²) in [6.07, 6.45) is 11.4. The van der Waals surface area contributed by atoms with Crippen LogP contribution in [0.2, 0.25) is 0 Å². The van der Waals surface area contributed by atoms with E-state index in [2.05, 4.69) is 13.8 Å². The fourth-order valence-corrected chi connectivity index (χ4v) is 1.75. The lowest BCUT2D eigenvalue weighted by molar-refractivity contribution is -0.131. The first-order chi connectivity index (χ1) is 7.16. The van der Waals surface area contributed by atoms with E-state index in [1.54, 1.807) is 6.08 Å². The molecule has 0 bridgehead atoms. The maximum atomic E-state index is 10.2. The van der Waals surface area contributed by atoms with E-state index in [-0.39, 0.29) is 0 Å². The predicted octanol–water partition coefficient (Wildman–Crippen LogP) is 4.01. The van der Waals surface area contributed by atoms with Gasteiger partial charge in [0.05, 0.1) is 0 Å². The standard InChI is InChI=1S/C13H24O2/c1-3-9-12(2)10-7-5-4-6-8-11-13(14)15/h8,11-12H,3-7,9-10H2,1-2H3,(H,14,15)/b11-8-. The molecule has 0 rings (SSSR count). The van der Waals surface area contributed by atoms with E-state index in [1.807, 2.05) is 0 Å². The summed E-state index contributed by atoms with van der Waals surface area (Å²) in [4.78, 5) is 10.2. The van der Waals surface area contributed by atoms with Crippen LogP contribution >= 0.6 is 0 Å². The number of allylic oxidation sites excluding steroid dienone is 1. The molecule has 0 fully saturated rings. The summed E-state index contributed by atoms with van der Waals surface area (Å²) >= 11 is 0. The summed E-state index contributed by atoms with van der Waals surface area (Å²) in [6, 6.07) is 0. The van der Waals surface area contributed by atoms with E-state index in [0.29, 0.717) is 0 Å². The number of hydrogen-bond acceptors (Lipinski definition) is 1. The average Bonchev–Trinajstić information content (AvgIpc) is 2.16. The number of aliphatic carboxylic acids is 1. The molecular weight excluding hydrogens is 188 g/mol. The Morgan fingerprint density at radius 1 is 1.27 bits per heavy atom. The maximum absolute atomic E-state index is 10.2. The first kappa shape index (κ1) is 14.2. The van der Waals surface area contributed by atoms with Crippen molar-refractivity contribution in [3.63, 3.8) is 0 Å². The summed E-state index contributed by atoms with van der Waals surface area (Å²) in [5.74, 6) is 0.0103. The van der Waals surface area contributed by atoms with Gasteiger partial charge in [-0.3, -0.25) is 0 Å². The van der Waals surface area contributed by atoms with Crippen molar-refractivity contribution in [2.24, 2.45) is 5.92 Å². The van der Waals surface area contributed by atoms with Crippen molar-refractivity contribution in [3.8, 4) is 0 Å². The van der Waals surface area contributed by atoms with Gasteiger partial charge in [0.15, 0.2) is 0 Å². The molecule has 2 nitrogen and oxygen atoms in total. The van der Waals surface area contributed by atoms with E-state index < -0.39 is 5.97 Å². The highest BCUT2D eigenvalue weighted by molar-refractivity contribution is 5.79. The molecular formula is C13H24O2. The summed E-state index contributed by atoms with van der Waals surface area (Å²) in [6.45, 7) is 4.54. The molecule has 0 radical (unpaired) electrons. The van der Waals surface area contributed by atoms with Gasteiger partial charge >= 0.3 is 5.97 Å². The van der Waals surface area contributed by atoms with Gasteiger partial charge in [0, 0.05) is 6.08 Å². The van der Waals surface area contributed by atoms with Crippen LogP contribution in [0, 0.1) is 5.92 Å². The van der Waals surface area contributed by atoms with Crippen molar-refractivity contribution in [2.75, 3.05) is 0 Å². The Kier molecular flexibility index (Phi) is 9.24. The normalized spacial score (nSPS) is 13.2. The zero-order valence-corrected chi connectivity index (χ0v) is 10.0. The molecule has 0 spiro atoms. The number of carboxylic acid groups (broad SMARTS) is 1. The van der Waals surface area contributed by atoms with Crippen LogP contribution in [0.4, 0.5) is 0 Å². The Morgan fingerprint density at radius 3 is 2.60 bits per heavy atom. The summed E-state index contributed by atoms with van der Waals surface area (Å²) in [5, 5.41) is 8.36. The Morgan fingerprint density at radius 2 is 2.00 bits per heavy atom. The van der Waals surface area contributed by atoms with Gasteiger partial charge in [-0.1, -0.05) is 52.0 Å². The van der Waals surface area contributed by atoms with Gasteiger partial charge in [0.1, 0.15) is 0 Å². The van der Waals surface area contributed by atoms with E-state index in [1.165, 1.54) is 38.2 Å². The van der Waals surface area contributed by atoms with E-state index >= 15 is 0 Å². The monoisotopic (exact) mass is 212 g/mol. The van der Waals surface area contributed by atoms with Crippen LogP contribution in [0.15, 0.2) is 12.2 Å². The molecule has 88 valence electrons. The molecule has 2 heteroatoms. The molecule has 0 aromatic heterocycles. The van der Waals surface area contributed by atoms with Gasteiger partial charge in [-0.2, -0.15) is 0 Å². The molecule has 1 unspecified atom stereocenters. The third-order valence-corrected chi connectivity index (χ3v) is 2.61. The van der Waals surface area contributed by atoms with Crippen LogP contribution in [0.25, 0.3) is 0 Å². The van der Waals surface area contributed by atoms with Crippen molar-refractivity contribution >= 4 is 5.97 Å². The maximum Gasteiger partial charge on any atom is 0.327 e. The smallest absolute Gasteiger partial charge is 0.327 e. The second kappa shape index (κ2) is 9.75. The molecule has 0 saturated heterocycles. The topological polar surface area (TPSA) is 37.3 Å². The van der Waals surface area contributed by atoms with E-state index in [9.17, 15) is 4.79 Å². The zero-order valence-electron chi connectivity index (χ0n) is 10.0. The number of carboxylic acids is 1. The molecule has 0 heterocycles. The Labute approximate surface area is 93.4 Å². The SMILES string of the molecule is CCCC(C)CCCCC/C=C\C(=O)O. The largest absolute Gasteiger partial charge is 0.478 e. The minimum Gasteiger partial charge on any atom is -0.478 e. The highest BCUT2D eigenvalue weighted by Gasteiger charge is 1.99. The van der Waals surface area contributed by atoms with Crippen LogP contribution in [0.3, 0.4) is 0 Å². The van der Waals surface area contributed by atoms with Gasteiger partial charge in [0.25, 0.3) is 0 Å². The Bertz CT molecular complexity index is 185. The quantitative estimate of drug-likeness (QED) is 0.463. The second-order valence-electron chi connectivity index (χ2n) is 4.27. The average molecular weight is 212 g/mol. The van der Waals surface area contributed by atoms with Crippen LogP contribution in [0.5, 0.6) is 0 Å². The number of unbranched alkanes of at least 4 members (excludes halogenated alkanes) is 3. The molecule has 0 amide bonds. The lowest BCUT2D eigenvalue weighted by atomic mass is 9.98. The molecule has 0 aliphatic rings. The molecule has 0 aliphatic heterocycles. The number of carbonyl (C=O) groups is 1. The van der Waals surface area contributed by atoms with Crippen molar-refractivity contribution in [2.45, 2.75) is 58.8 Å².